The largest absolute Gasteiger partial charge is 0.417 e. The normalized spacial score (nSPS) is 11.7. The number of fused-ring (bicyclic) bond motifs is 1. The molecule has 0 aliphatic rings. The van der Waals surface area contributed by atoms with Gasteiger partial charge in [0.1, 0.15) is 11.3 Å². The Bertz CT molecular complexity index is 1140. The zero-order chi connectivity index (χ0) is 23.6. The second-order valence-electron chi connectivity index (χ2n) is 7.66. The van der Waals surface area contributed by atoms with Gasteiger partial charge in [-0.15, -0.1) is 0 Å². The molecule has 0 aliphatic heterocycles. The van der Waals surface area contributed by atoms with Gasteiger partial charge in [0.2, 0.25) is 0 Å². The number of carbonyl (C=O) groups is 2. The molecule has 0 saturated heterocycles. The van der Waals surface area contributed by atoms with Gasteiger partial charge < -0.3 is 16.0 Å². The highest BCUT2D eigenvalue weighted by molar-refractivity contribution is 6.40. The molecule has 0 unspecified atom stereocenters. The zero-order valence-electron chi connectivity index (χ0n) is 17.6. The molecular weight excluding hydrogens is 427 g/mol. The maximum atomic E-state index is 12.9. The first-order valence-corrected chi connectivity index (χ1v) is 9.66. The van der Waals surface area contributed by atoms with Crippen molar-refractivity contribution in [1.29, 1.82) is 0 Å². The minimum Gasteiger partial charge on any atom is -0.382 e. The number of hydrogen-bond donors (Lipinski definition) is 2. The molecule has 0 radical (unpaired) electrons. The van der Waals surface area contributed by atoms with Crippen molar-refractivity contribution >= 4 is 34.2 Å². The number of amides is 2. The summed E-state index contributed by atoms with van der Waals surface area (Å²) < 4.78 is 39.8. The van der Waals surface area contributed by atoms with Crippen LogP contribution >= 0.6 is 0 Å². The number of pyridine rings is 2. The van der Waals surface area contributed by atoms with Crippen molar-refractivity contribution in [3.8, 4) is 0 Å². The van der Waals surface area contributed by atoms with Crippen molar-refractivity contribution in [2.75, 3.05) is 17.6 Å². The van der Waals surface area contributed by atoms with Crippen LogP contribution in [0.4, 0.5) is 24.7 Å². The van der Waals surface area contributed by atoms with Gasteiger partial charge >= 0.3 is 18.0 Å². The minimum absolute atomic E-state index is 0.00409. The summed E-state index contributed by atoms with van der Waals surface area (Å²) in [6.45, 7) is 3.78. The number of aromatic nitrogens is 4. The van der Waals surface area contributed by atoms with E-state index in [4.69, 9.17) is 5.73 Å². The number of nitrogens with zero attached hydrogens (tertiary/aromatic N) is 5. The molecule has 3 aromatic rings. The minimum atomic E-state index is -4.51. The van der Waals surface area contributed by atoms with Gasteiger partial charge in [0.15, 0.2) is 0 Å². The average molecular weight is 449 g/mol. The number of anilines is 2. The molecular formula is C20H22F3N7O2. The quantitative estimate of drug-likeness (QED) is 0.578. The third kappa shape index (κ3) is 4.95. The van der Waals surface area contributed by atoms with E-state index in [-0.39, 0.29) is 36.2 Å². The summed E-state index contributed by atoms with van der Waals surface area (Å²) in [6.07, 6.45) is -0.990. The lowest BCUT2D eigenvalue weighted by molar-refractivity contribution is -0.144. The lowest BCUT2D eigenvalue weighted by Crippen LogP contribution is -2.41. The summed E-state index contributed by atoms with van der Waals surface area (Å²) in [5.74, 6) is -1.55. The number of carbonyl (C=O) groups excluding carboxylic acids is 2. The summed E-state index contributed by atoms with van der Waals surface area (Å²) in [5, 5.41) is 7.12. The lowest BCUT2D eigenvalue weighted by atomic mass is 10.2. The van der Waals surface area contributed by atoms with Crippen molar-refractivity contribution in [3.05, 3.63) is 42.0 Å². The monoisotopic (exact) mass is 449 g/mol. The van der Waals surface area contributed by atoms with Crippen LogP contribution in [0, 0.1) is 5.92 Å². The van der Waals surface area contributed by atoms with Crippen LogP contribution in [0.25, 0.3) is 10.9 Å². The predicted octanol–water partition coefficient (Wildman–Crippen LogP) is 2.59. The summed E-state index contributed by atoms with van der Waals surface area (Å²) >= 11 is 0. The van der Waals surface area contributed by atoms with Crippen LogP contribution in [0.5, 0.6) is 0 Å². The highest BCUT2D eigenvalue weighted by atomic mass is 19.4. The van der Waals surface area contributed by atoms with E-state index in [0.29, 0.717) is 17.1 Å². The number of alkyl halides is 3. The second kappa shape index (κ2) is 8.81. The molecule has 170 valence electrons. The van der Waals surface area contributed by atoms with Crippen molar-refractivity contribution in [2.24, 2.45) is 13.0 Å². The molecule has 0 fully saturated rings. The van der Waals surface area contributed by atoms with E-state index >= 15 is 0 Å². The van der Waals surface area contributed by atoms with Gasteiger partial charge in [-0.1, -0.05) is 13.8 Å². The van der Waals surface area contributed by atoms with E-state index < -0.39 is 23.6 Å². The number of hydrogen-bond acceptors (Lipinski definition) is 6. The third-order valence-corrected chi connectivity index (χ3v) is 4.62. The molecule has 32 heavy (non-hydrogen) atoms. The Labute approximate surface area is 181 Å². The lowest BCUT2D eigenvalue weighted by Gasteiger charge is -2.24. The van der Waals surface area contributed by atoms with E-state index in [1.807, 2.05) is 13.8 Å². The molecule has 3 rings (SSSR count). The molecule has 12 heteroatoms. The first kappa shape index (κ1) is 23.0. The Kier molecular flexibility index (Phi) is 6.32. The van der Waals surface area contributed by atoms with Gasteiger partial charge in [0, 0.05) is 25.2 Å². The van der Waals surface area contributed by atoms with Crippen molar-refractivity contribution in [1.82, 2.24) is 24.6 Å². The SMILES string of the molecule is CC(C)CN(Cc1ccc(C(F)(F)F)cn1)C(=O)C(=O)Nc1cnc(N)c2c1cnn2C. The van der Waals surface area contributed by atoms with E-state index in [1.165, 1.54) is 28.0 Å². The van der Waals surface area contributed by atoms with E-state index in [1.54, 1.807) is 7.05 Å². The topological polar surface area (TPSA) is 119 Å². The van der Waals surface area contributed by atoms with Crippen LogP contribution in [0.2, 0.25) is 0 Å². The third-order valence-electron chi connectivity index (χ3n) is 4.62. The fourth-order valence-corrected chi connectivity index (χ4v) is 3.16. The smallest absolute Gasteiger partial charge is 0.382 e. The van der Waals surface area contributed by atoms with Crippen LogP contribution < -0.4 is 11.1 Å². The average Bonchev–Trinajstić information content (AvgIpc) is 3.11. The number of halogens is 3. The van der Waals surface area contributed by atoms with Crippen molar-refractivity contribution in [2.45, 2.75) is 26.6 Å². The summed E-state index contributed by atoms with van der Waals surface area (Å²) in [4.78, 5) is 34.6. The van der Waals surface area contributed by atoms with Crippen LogP contribution in [0.15, 0.2) is 30.7 Å². The number of nitrogens with two attached hydrogens (primary N) is 1. The van der Waals surface area contributed by atoms with Gasteiger partial charge in [-0.3, -0.25) is 19.3 Å². The number of nitrogen functional groups attached to an aromatic ring is 1. The maximum absolute atomic E-state index is 12.9. The molecule has 3 aromatic heterocycles. The highest BCUT2D eigenvalue weighted by Gasteiger charge is 2.31. The van der Waals surface area contributed by atoms with E-state index in [0.717, 1.165) is 6.07 Å². The Morgan fingerprint density at radius 2 is 1.91 bits per heavy atom. The summed E-state index contributed by atoms with van der Waals surface area (Å²) in [5.41, 5.74) is 5.95. The number of nitrogens with one attached hydrogen (secondary N) is 1. The van der Waals surface area contributed by atoms with Gasteiger partial charge in [-0.25, -0.2) is 4.98 Å². The Morgan fingerprint density at radius 3 is 2.50 bits per heavy atom. The Morgan fingerprint density at radius 1 is 1.19 bits per heavy atom. The van der Waals surface area contributed by atoms with Crippen LogP contribution in [-0.4, -0.2) is 43.0 Å². The maximum Gasteiger partial charge on any atom is 0.417 e. The van der Waals surface area contributed by atoms with Crippen molar-refractivity contribution in [3.63, 3.8) is 0 Å². The molecule has 0 atom stereocenters. The fraction of sp³-hybridized carbons (Fsp3) is 0.350. The first-order chi connectivity index (χ1) is 15.0. The molecule has 0 saturated carbocycles. The highest BCUT2D eigenvalue weighted by Crippen LogP contribution is 2.28. The van der Waals surface area contributed by atoms with Crippen LogP contribution in [0.3, 0.4) is 0 Å². The molecule has 9 nitrogen and oxygen atoms in total. The van der Waals surface area contributed by atoms with Crippen LogP contribution in [0.1, 0.15) is 25.1 Å². The first-order valence-electron chi connectivity index (χ1n) is 9.66. The summed E-state index contributed by atoms with van der Waals surface area (Å²) in [7, 11) is 1.67. The molecule has 2 amide bonds. The molecule has 0 spiro atoms. The molecule has 0 aromatic carbocycles. The number of aryl methyl sites for hydroxylation is 1. The zero-order valence-corrected chi connectivity index (χ0v) is 17.6. The van der Waals surface area contributed by atoms with Gasteiger partial charge in [0.25, 0.3) is 0 Å². The standard InChI is InChI=1S/C20H22F3N7O2/c1-11(2)9-30(10-13-5-4-12(6-25-13)20(21,22)23)19(32)18(31)28-15-8-26-17(24)16-14(15)7-27-29(16)3/h4-8,11H,9-10H2,1-3H3,(H2,24,26)(H,28,31). The second-order valence-corrected chi connectivity index (χ2v) is 7.66. The molecule has 3 N–H and O–H groups in total. The van der Waals surface area contributed by atoms with Gasteiger partial charge in [-0.05, 0) is 18.1 Å². The van der Waals surface area contributed by atoms with Gasteiger partial charge in [0.05, 0.1) is 35.9 Å². The fourth-order valence-electron chi connectivity index (χ4n) is 3.16. The summed E-state index contributed by atoms with van der Waals surface area (Å²) in [6, 6.07) is 2.07. The Hall–Kier alpha value is -3.70. The van der Waals surface area contributed by atoms with Crippen molar-refractivity contribution < 1.29 is 22.8 Å². The number of rotatable bonds is 5. The van der Waals surface area contributed by atoms with E-state index in [2.05, 4.69) is 20.4 Å². The molecule has 0 bridgehead atoms. The predicted molar refractivity (Wildman–Crippen MR) is 111 cm³/mol. The molecule has 0 aliphatic carbocycles. The van der Waals surface area contributed by atoms with Crippen LogP contribution in [-0.2, 0) is 29.4 Å². The van der Waals surface area contributed by atoms with E-state index in [9.17, 15) is 22.8 Å². The Balaban J connectivity index is 1.80. The van der Waals surface area contributed by atoms with Gasteiger partial charge in [-0.2, -0.15) is 18.3 Å². The molecule has 3 heterocycles.